The predicted octanol–water partition coefficient (Wildman–Crippen LogP) is 3.25. The monoisotopic (exact) mass is 389 g/mol. The van der Waals surface area contributed by atoms with E-state index in [9.17, 15) is 19.7 Å². The molecule has 8 nitrogen and oxygen atoms in total. The normalized spacial score (nSPS) is 16.3. The van der Waals surface area contributed by atoms with Gasteiger partial charge >= 0.3 is 0 Å². The number of nitrogens with one attached hydrogen (secondary N) is 1. The zero-order valence-corrected chi connectivity index (χ0v) is 15.1. The van der Waals surface area contributed by atoms with Crippen LogP contribution in [0.5, 0.6) is 5.75 Å². The number of anilines is 2. The van der Waals surface area contributed by atoms with Crippen molar-refractivity contribution in [3.63, 3.8) is 0 Å². The molecule has 0 bridgehead atoms. The van der Waals surface area contributed by atoms with Gasteiger partial charge in [-0.3, -0.25) is 19.7 Å². The number of benzene rings is 2. The van der Waals surface area contributed by atoms with Gasteiger partial charge in [0, 0.05) is 29.7 Å². The molecule has 1 N–H and O–H groups in total. The van der Waals surface area contributed by atoms with Crippen LogP contribution >= 0.6 is 11.6 Å². The van der Waals surface area contributed by atoms with Crippen LogP contribution in [-0.4, -0.2) is 30.4 Å². The number of hydrogen-bond donors (Lipinski definition) is 1. The number of amides is 2. The molecule has 1 saturated heterocycles. The average Bonchev–Trinajstić information content (AvgIpc) is 3.05. The van der Waals surface area contributed by atoms with Crippen molar-refractivity contribution in [2.45, 2.75) is 6.42 Å². The number of nitro benzene ring substituents is 1. The van der Waals surface area contributed by atoms with Gasteiger partial charge < -0.3 is 15.0 Å². The summed E-state index contributed by atoms with van der Waals surface area (Å²) in [7, 11) is 1.55. The molecule has 0 saturated carbocycles. The Bertz CT molecular complexity index is 900. The third-order valence-corrected chi connectivity index (χ3v) is 4.53. The molecule has 9 heteroatoms. The molecule has 0 spiro atoms. The highest BCUT2D eigenvalue weighted by Gasteiger charge is 2.35. The van der Waals surface area contributed by atoms with Crippen molar-refractivity contribution in [2.75, 3.05) is 23.9 Å². The van der Waals surface area contributed by atoms with Gasteiger partial charge in [-0.25, -0.2) is 0 Å². The molecule has 0 radical (unpaired) electrons. The summed E-state index contributed by atoms with van der Waals surface area (Å²) in [6, 6.07) is 10.9. The second-order valence-electron chi connectivity index (χ2n) is 6.01. The van der Waals surface area contributed by atoms with Crippen molar-refractivity contribution in [1.29, 1.82) is 0 Å². The number of rotatable bonds is 5. The van der Waals surface area contributed by atoms with Crippen molar-refractivity contribution in [3.05, 3.63) is 57.6 Å². The molecule has 27 heavy (non-hydrogen) atoms. The van der Waals surface area contributed by atoms with Gasteiger partial charge in [0.1, 0.15) is 11.4 Å². The largest absolute Gasteiger partial charge is 0.497 e. The molecule has 0 aliphatic carbocycles. The van der Waals surface area contributed by atoms with Crippen LogP contribution in [-0.2, 0) is 9.59 Å². The minimum Gasteiger partial charge on any atom is -0.497 e. The molecule has 3 rings (SSSR count). The number of nitro groups is 1. The first-order chi connectivity index (χ1) is 12.9. The maximum absolute atomic E-state index is 12.5. The highest BCUT2D eigenvalue weighted by Crippen LogP contribution is 2.31. The van der Waals surface area contributed by atoms with Crippen molar-refractivity contribution in [2.24, 2.45) is 5.92 Å². The molecule has 1 heterocycles. The van der Waals surface area contributed by atoms with E-state index >= 15 is 0 Å². The molecular formula is C18H16ClN3O5. The van der Waals surface area contributed by atoms with Gasteiger partial charge in [-0.1, -0.05) is 11.6 Å². The summed E-state index contributed by atoms with van der Waals surface area (Å²) in [5, 5.41) is 13.9. The standard InChI is InChI=1S/C18H16ClN3O5/c1-27-14-5-3-13(4-6-14)21-10-11(8-17(21)23)18(24)20-15-7-2-12(19)9-16(15)22(25)26/h2-7,9,11H,8,10H2,1H3,(H,20,24). The molecule has 140 valence electrons. The van der Waals surface area contributed by atoms with Gasteiger partial charge in [0.15, 0.2) is 0 Å². The van der Waals surface area contributed by atoms with E-state index in [0.717, 1.165) is 0 Å². The zero-order valence-electron chi connectivity index (χ0n) is 14.3. The quantitative estimate of drug-likeness (QED) is 0.624. The van der Waals surface area contributed by atoms with Crippen LogP contribution in [0.25, 0.3) is 0 Å². The van der Waals surface area contributed by atoms with Crippen LogP contribution in [0.1, 0.15) is 6.42 Å². The fourth-order valence-corrected chi connectivity index (χ4v) is 3.06. The lowest BCUT2D eigenvalue weighted by atomic mass is 10.1. The van der Waals surface area contributed by atoms with E-state index in [1.54, 1.807) is 31.4 Å². The molecule has 2 aromatic carbocycles. The minimum absolute atomic E-state index is 0.0270. The molecule has 1 unspecified atom stereocenters. The van der Waals surface area contributed by atoms with E-state index in [-0.39, 0.29) is 35.3 Å². The molecule has 1 aliphatic rings. The van der Waals surface area contributed by atoms with E-state index in [4.69, 9.17) is 16.3 Å². The zero-order chi connectivity index (χ0) is 19.6. The number of nitrogens with zero attached hydrogens (tertiary/aromatic N) is 2. The van der Waals surface area contributed by atoms with Crippen molar-refractivity contribution < 1.29 is 19.2 Å². The van der Waals surface area contributed by atoms with Crippen LogP contribution < -0.4 is 15.0 Å². The van der Waals surface area contributed by atoms with Gasteiger partial charge in [0.25, 0.3) is 5.69 Å². The Morgan fingerprint density at radius 3 is 2.63 bits per heavy atom. The molecule has 1 fully saturated rings. The molecule has 2 aromatic rings. The van der Waals surface area contributed by atoms with Crippen LogP contribution in [0.15, 0.2) is 42.5 Å². The fourth-order valence-electron chi connectivity index (χ4n) is 2.89. The third kappa shape index (κ3) is 4.01. The number of methoxy groups -OCH3 is 1. The van der Waals surface area contributed by atoms with Crippen LogP contribution in [0, 0.1) is 16.0 Å². The summed E-state index contributed by atoms with van der Waals surface area (Å²) in [6.45, 7) is 0.193. The summed E-state index contributed by atoms with van der Waals surface area (Å²) in [5.41, 5.74) is 0.408. The van der Waals surface area contributed by atoms with Gasteiger partial charge in [-0.05, 0) is 36.4 Å². The number of carbonyl (C=O) groups excluding carboxylic acids is 2. The Morgan fingerprint density at radius 1 is 1.30 bits per heavy atom. The summed E-state index contributed by atoms with van der Waals surface area (Å²) in [4.78, 5) is 36.9. The number of carbonyl (C=O) groups is 2. The van der Waals surface area contributed by atoms with Crippen LogP contribution in [0.4, 0.5) is 17.1 Å². The predicted molar refractivity (Wildman–Crippen MR) is 100 cm³/mol. The lowest BCUT2D eigenvalue weighted by Crippen LogP contribution is -2.28. The Kier molecular flexibility index (Phi) is 5.27. The smallest absolute Gasteiger partial charge is 0.294 e. The first-order valence-electron chi connectivity index (χ1n) is 8.08. The van der Waals surface area contributed by atoms with Gasteiger partial charge in [-0.15, -0.1) is 0 Å². The van der Waals surface area contributed by atoms with E-state index in [1.165, 1.54) is 23.1 Å². The molecule has 1 atom stereocenters. The van der Waals surface area contributed by atoms with E-state index < -0.39 is 16.7 Å². The van der Waals surface area contributed by atoms with E-state index in [2.05, 4.69) is 5.32 Å². The highest BCUT2D eigenvalue weighted by atomic mass is 35.5. The van der Waals surface area contributed by atoms with Crippen LogP contribution in [0.2, 0.25) is 5.02 Å². The van der Waals surface area contributed by atoms with Crippen molar-refractivity contribution in [3.8, 4) is 5.75 Å². The van der Waals surface area contributed by atoms with Crippen molar-refractivity contribution >= 4 is 40.5 Å². The molecular weight excluding hydrogens is 374 g/mol. The summed E-state index contributed by atoms with van der Waals surface area (Å²) in [5.74, 6) is -0.597. The van der Waals surface area contributed by atoms with Gasteiger partial charge in [0.2, 0.25) is 11.8 Å². The average molecular weight is 390 g/mol. The van der Waals surface area contributed by atoms with Crippen molar-refractivity contribution in [1.82, 2.24) is 0 Å². The second-order valence-corrected chi connectivity index (χ2v) is 6.45. The Balaban J connectivity index is 1.73. The number of ether oxygens (including phenoxy) is 1. The highest BCUT2D eigenvalue weighted by molar-refractivity contribution is 6.31. The topological polar surface area (TPSA) is 102 Å². The fraction of sp³-hybridized carbons (Fsp3) is 0.222. The van der Waals surface area contributed by atoms with E-state index in [1.807, 2.05) is 0 Å². The van der Waals surface area contributed by atoms with Crippen LogP contribution in [0.3, 0.4) is 0 Å². The summed E-state index contributed by atoms with van der Waals surface area (Å²) in [6.07, 6.45) is 0.0270. The van der Waals surface area contributed by atoms with Gasteiger partial charge in [0.05, 0.1) is 18.0 Å². The minimum atomic E-state index is -0.620. The lowest BCUT2D eigenvalue weighted by Gasteiger charge is -2.17. The Labute approximate surface area is 159 Å². The first kappa shape index (κ1) is 18.7. The molecule has 2 amide bonds. The summed E-state index contributed by atoms with van der Waals surface area (Å²) >= 11 is 5.77. The number of hydrogen-bond acceptors (Lipinski definition) is 5. The third-order valence-electron chi connectivity index (χ3n) is 4.29. The number of halogens is 1. The maximum atomic E-state index is 12.5. The molecule has 0 aromatic heterocycles. The Hall–Kier alpha value is -3.13. The Morgan fingerprint density at radius 2 is 2.00 bits per heavy atom. The molecule has 1 aliphatic heterocycles. The maximum Gasteiger partial charge on any atom is 0.294 e. The lowest BCUT2D eigenvalue weighted by molar-refractivity contribution is -0.383. The first-order valence-corrected chi connectivity index (χ1v) is 8.46. The second kappa shape index (κ2) is 7.63. The van der Waals surface area contributed by atoms with E-state index in [0.29, 0.717) is 11.4 Å². The van der Waals surface area contributed by atoms with Gasteiger partial charge in [-0.2, -0.15) is 0 Å². The SMILES string of the molecule is COc1ccc(N2CC(C(=O)Nc3ccc(Cl)cc3[N+](=O)[O-])CC2=O)cc1. The summed E-state index contributed by atoms with van der Waals surface area (Å²) < 4.78 is 5.09.